The Bertz CT molecular complexity index is 476. The number of hydrogen-bond donors (Lipinski definition) is 0. The second-order valence-electron chi connectivity index (χ2n) is 3.34. The molecule has 14 heavy (non-hydrogen) atoms. The number of Topliss-reactive ketones (excluding diaryl/α,β-unsaturated/α-hetero) is 1. The molecule has 1 nitrogen and oxygen atoms in total. The largest absolute Gasteiger partial charge is 0.295 e. The predicted molar refractivity (Wildman–Crippen MR) is 61.6 cm³/mol. The second kappa shape index (κ2) is 3.66. The molecule has 2 rings (SSSR count). The number of carbonyl (C=O) groups excluding carboxylic acids is 1. The first-order chi connectivity index (χ1) is 6.81. The fourth-order valence-electron chi connectivity index (χ4n) is 1.57. The van der Waals surface area contributed by atoms with Crippen molar-refractivity contribution >= 4 is 24.4 Å². The van der Waals surface area contributed by atoms with Crippen LogP contribution in [0.1, 0.15) is 10.4 Å². The van der Waals surface area contributed by atoms with Crippen molar-refractivity contribution in [2.75, 3.05) is 0 Å². The van der Waals surface area contributed by atoms with E-state index in [1.165, 1.54) is 5.39 Å². The van der Waals surface area contributed by atoms with Crippen molar-refractivity contribution in [3.05, 3.63) is 48.0 Å². The molecule has 2 aromatic carbocycles. The van der Waals surface area contributed by atoms with E-state index in [1.807, 2.05) is 44.2 Å². The molecule has 2 heteroatoms. The highest BCUT2D eigenvalue weighted by atomic mass is 16.1. The van der Waals surface area contributed by atoms with E-state index in [9.17, 15) is 4.79 Å². The summed E-state index contributed by atoms with van der Waals surface area (Å²) >= 11 is 0. The van der Waals surface area contributed by atoms with Crippen LogP contribution in [-0.4, -0.2) is 13.6 Å². The van der Waals surface area contributed by atoms with E-state index in [1.54, 1.807) is 0 Å². The van der Waals surface area contributed by atoms with Crippen LogP contribution in [0.5, 0.6) is 0 Å². The Balaban J connectivity index is 2.56. The molecule has 2 aromatic rings. The van der Waals surface area contributed by atoms with Gasteiger partial charge in [0.15, 0.2) is 5.78 Å². The molecule has 0 spiro atoms. The van der Waals surface area contributed by atoms with Crippen molar-refractivity contribution in [3.8, 4) is 0 Å². The molecule has 0 amide bonds. The van der Waals surface area contributed by atoms with E-state index in [2.05, 4.69) is 6.07 Å². The lowest BCUT2D eigenvalue weighted by molar-refractivity contribution is 0.101. The third kappa shape index (κ3) is 1.56. The summed E-state index contributed by atoms with van der Waals surface area (Å²) in [7, 11) is 1.89. The zero-order chi connectivity index (χ0) is 9.97. The molecule has 0 aliphatic heterocycles. The number of hydrogen-bond acceptors (Lipinski definition) is 1. The molecule has 0 aliphatic rings. The van der Waals surface area contributed by atoms with Gasteiger partial charge in [0.1, 0.15) is 7.85 Å². The molecule has 0 aliphatic carbocycles. The van der Waals surface area contributed by atoms with Gasteiger partial charge in [0.2, 0.25) is 0 Å². The first-order valence-corrected chi connectivity index (χ1v) is 4.83. The lowest BCUT2D eigenvalue weighted by Gasteiger charge is -2.00. The third-order valence-electron chi connectivity index (χ3n) is 2.39. The van der Waals surface area contributed by atoms with Crippen molar-refractivity contribution in [1.29, 1.82) is 0 Å². The average molecular weight is 182 g/mol. The molecule has 0 saturated carbocycles. The number of ketones is 1. The van der Waals surface area contributed by atoms with E-state index in [4.69, 9.17) is 0 Å². The van der Waals surface area contributed by atoms with Crippen LogP contribution in [0.2, 0.25) is 6.32 Å². The highest BCUT2D eigenvalue weighted by molar-refractivity contribution is 6.24. The van der Waals surface area contributed by atoms with Crippen LogP contribution in [0.15, 0.2) is 42.5 Å². The van der Waals surface area contributed by atoms with Gasteiger partial charge in [-0.2, -0.15) is 0 Å². The molecular weight excluding hydrogens is 171 g/mol. The maximum Gasteiger partial charge on any atom is 0.155 e. The Morgan fingerprint density at radius 2 is 1.79 bits per heavy atom. The Hall–Kier alpha value is -1.57. The van der Waals surface area contributed by atoms with E-state index in [0.717, 1.165) is 10.9 Å². The zero-order valence-corrected chi connectivity index (χ0v) is 8.16. The van der Waals surface area contributed by atoms with Gasteiger partial charge >= 0.3 is 0 Å². The Kier molecular flexibility index (Phi) is 2.36. The fourth-order valence-corrected chi connectivity index (χ4v) is 1.57. The van der Waals surface area contributed by atoms with Crippen molar-refractivity contribution < 1.29 is 4.79 Å². The summed E-state index contributed by atoms with van der Waals surface area (Å²) < 4.78 is 0. The summed E-state index contributed by atoms with van der Waals surface area (Å²) in [4.78, 5) is 11.5. The molecule has 0 N–H and O–H groups in total. The summed E-state index contributed by atoms with van der Waals surface area (Å²) in [5.74, 6) is 0.204. The Labute approximate surface area is 84.2 Å². The third-order valence-corrected chi connectivity index (χ3v) is 2.39. The maximum atomic E-state index is 11.5. The monoisotopic (exact) mass is 182 g/mol. The number of fused-ring (bicyclic) bond motifs is 1. The average Bonchev–Trinajstić information content (AvgIpc) is 2.27. The van der Waals surface area contributed by atoms with Crippen LogP contribution in [0.3, 0.4) is 0 Å². The summed E-state index contributed by atoms with van der Waals surface area (Å²) in [5.41, 5.74) is 0.811. The Morgan fingerprint density at radius 1 is 1.07 bits per heavy atom. The van der Waals surface area contributed by atoms with Gasteiger partial charge in [0, 0.05) is 5.56 Å². The highest BCUT2D eigenvalue weighted by Crippen LogP contribution is 2.16. The SMILES string of the molecule is BCC(=O)c1ccc2ccccc2c1. The van der Waals surface area contributed by atoms with Gasteiger partial charge in [0.05, 0.1) is 0 Å². The van der Waals surface area contributed by atoms with E-state index in [-0.39, 0.29) is 5.78 Å². The molecule has 0 fully saturated rings. The first-order valence-electron chi connectivity index (χ1n) is 4.83. The van der Waals surface area contributed by atoms with Crippen molar-refractivity contribution in [2.45, 2.75) is 6.32 Å². The normalized spacial score (nSPS) is 10.3. The molecule has 0 atom stereocenters. The van der Waals surface area contributed by atoms with Gasteiger partial charge in [-0.15, -0.1) is 0 Å². The topological polar surface area (TPSA) is 17.1 Å². The fraction of sp³-hybridized carbons (Fsp3) is 0.0833. The number of rotatable bonds is 2. The van der Waals surface area contributed by atoms with Gasteiger partial charge in [0.25, 0.3) is 0 Å². The molecular formula is C12H11BO. The molecule has 0 bridgehead atoms. The van der Waals surface area contributed by atoms with Crippen LogP contribution in [-0.2, 0) is 0 Å². The van der Waals surface area contributed by atoms with E-state index < -0.39 is 0 Å². The van der Waals surface area contributed by atoms with Crippen LogP contribution >= 0.6 is 0 Å². The van der Waals surface area contributed by atoms with Gasteiger partial charge in [-0.3, -0.25) is 4.79 Å². The molecule has 68 valence electrons. The minimum absolute atomic E-state index is 0.204. The van der Waals surface area contributed by atoms with E-state index in [0.29, 0.717) is 6.32 Å². The van der Waals surface area contributed by atoms with Crippen LogP contribution in [0, 0.1) is 0 Å². The smallest absolute Gasteiger partial charge is 0.155 e. The Morgan fingerprint density at radius 3 is 2.50 bits per heavy atom. The van der Waals surface area contributed by atoms with Gasteiger partial charge < -0.3 is 0 Å². The van der Waals surface area contributed by atoms with Gasteiger partial charge in [-0.25, -0.2) is 0 Å². The predicted octanol–water partition coefficient (Wildman–Crippen LogP) is 2.07. The number of carbonyl (C=O) groups is 1. The highest BCUT2D eigenvalue weighted by Gasteiger charge is 2.02. The summed E-state index contributed by atoms with van der Waals surface area (Å²) in [5, 5.41) is 2.31. The summed E-state index contributed by atoms with van der Waals surface area (Å²) in [6.07, 6.45) is 0.568. The lowest BCUT2D eigenvalue weighted by Crippen LogP contribution is -1.96. The van der Waals surface area contributed by atoms with Crippen molar-refractivity contribution in [2.24, 2.45) is 0 Å². The maximum absolute atomic E-state index is 11.5. The lowest BCUT2D eigenvalue weighted by atomic mass is 9.94. The molecule has 0 saturated heterocycles. The number of benzene rings is 2. The minimum atomic E-state index is 0.204. The quantitative estimate of drug-likeness (QED) is 0.513. The molecule has 0 heterocycles. The molecule has 0 unspecified atom stereocenters. The van der Waals surface area contributed by atoms with Crippen molar-refractivity contribution in [1.82, 2.24) is 0 Å². The standard InChI is InChI=1S/C12H11BO/c13-8-12(14)11-6-5-9-3-1-2-4-10(9)7-11/h1-7H,8,13H2. The van der Waals surface area contributed by atoms with Crippen molar-refractivity contribution in [3.63, 3.8) is 0 Å². The minimum Gasteiger partial charge on any atom is -0.295 e. The molecule has 0 radical (unpaired) electrons. The summed E-state index contributed by atoms with van der Waals surface area (Å²) in [6, 6.07) is 13.9. The van der Waals surface area contributed by atoms with Crippen LogP contribution in [0.25, 0.3) is 10.8 Å². The summed E-state index contributed by atoms with van der Waals surface area (Å²) in [6.45, 7) is 0. The van der Waals surface area contributed by atoms with Gasteiger partial charge in [-0.1, -0.05) is 36.4 Å². The van der Waals surface area contributed by atoms with Crippen LogP contribution in [0.4, 0.5) is 0 Å². The van der Waals surface area contributed by atoms with Gasteiger partial charge in [-0.05, 0) is 23.2 Å². The zero-order valence-electron chi connectivity index (χ0n) is 8.16. The second-order valence-corrected chi connectivity index (χ2v) is 3.34. The molecule has 0 aromatic heterocycles. The first kappa shape index (κ1) is 9.01. The van der Waals surface area contributed by atoms with Crippen LogP contribution < -0.4 is 0 Å². The van der Waals surface area contributed by atoms with E-state index >= 15 is 0 Å².